The van der Waals surface area contributed by atoms with Crippen LogP contribution in [0.3, 0.4) is 0 Å². The molecule has 1 aliphatic carbocycles. The molecule has 1 atom stereocenters. The van der Waals surface area contributed by atoms with Crippen LogP contribution in [0.2, 0.25) is 0 Å². The Morgan fingerprint density at radius 2 is 1.95 bits per heavy atom. The first kappa shape index (κ1) is 15.0. The maximum Gasteiger partial charge on any atom is 0.180 e. The summed E-state index contributed by atoms with van der Waals surface area (Å²) in [5.74, 6) is 1.67. The molecule has 1 aliphatic rings. The van der Waals surface area contributed by atoms with E-state index in [0.717, 1.165) is 24.2 Å². The van der Waals surface area contributed by atoms with Gasteiger partial charge in [0.1, 0.15) is 11.9 Å². The number of hydrogen-bond donors (Lipinski definition) is 1. The van der Waals surface area contributed by atoms with Crippen molar-refractivity contribution in [2.45, 2.75) is 44.8 Å². The number of tetrazole rings is 1. The van der Waals surface area contributed by atoms with Crippen LogP contribution in [0.5, 0.6) is 5.75 Å². The molecule has 1 aromatic carbocycles. The minimum atomic E-state index is -0.575. The zero-order valence-electron chi connectivity index (χ0n) is 12.9. The molecule has 6 heteroatoms. The highest BCUT2D eigenvalue weighted by Gasteiger charge is 2.27. The Morgan fingerprint density at radius 1 is 1.23 bits per heavy atom. The predicted molar refractivity (Wildman–Crippen MR) is 81.4 cm³/mol. The summed E-state index contributed by atoms with van der Waals surface area (Å²) in [6.45, 7) is 0.552. The largest absolute Gasteiger partial charge is 0.497 e. The molecule has 1 heterocycles. The fourth-order valence-corrected chi connectivity index (χ4v) is 3.10. The Morgan fingerprint density at radius 3 is 2.64 bits per heavy atom. The van der Waals surface area contributed by atoms with E-state index < -0.39 is 6.10 Å². The Bertz CT molecular complexity index is 590. The second-order valence-corrected chi connectivity index (χ2v) is 5.89. The van der Waals surface area contributed by atoms with Crippen molar-refractivity contribution in [3.63, 3.8) is 0 Å². The zero-order chi connectivity index (χ0) is 15.4. The zero-order valence-corrected chi connectivity index (χ0v) is 12.9. The lowest BCUT2D eigenvalue weighted by Gasteiger charge is -2.25. The number of nitrogens with zero attached hydrogens (tertiary/aromatic N) is 4. The summed E-state index contributed by atoms with van der Waals surface area (Å²) in [6, 6.07) is 7.79. The summed E-state index contributed by atoms with van der Waals surface area (Å²) >= 11 is 0. The van der Waals surface area contributed by atoms with Crippen LogP contribution in [0.4, 0.5) is 0 Å². The van der Waals surface area contributed by atoms with Gasteiger partial charge in [0.15, 0.2) is 5.82 Å². The van der Waals surface area contributed by atoms with E-state index in [4.69, 9.17) is 4.74 Å². The van der Waals surface area contributed by atoms with Crippen LogP contribution in [0.25, 0.3) is 0 Å². The highest BCUT2D eigenvalue weighted by atomic mass is 16.5. The molecule has 0 spiro atoms. The lowest BCUT2D eigenvalue weighted by Crippen LogP contribution is -2.20. The van der Waals surface area contributed by atoms with Crippen molar-refractivity contribution >= 4 is 0 Å². The number of rotatable bonds is 5. The third-order valence-corrected chi connectivity index (χ3v) is 4.41. The molecule has 1 saturated carbocycles. The monoisotopic (exact) mass is 302 g/mol. The van der Waals surface area contributed by atoms with Gasteiger partial charge in [-0.2, -0.15) is 0 Å². The van der Waals surface area contributed by atoms with Crippen molar-refractivity contribution in [3.05, 3.63) is 35.7 Å². The van der Waals surface area contributed by atoms with E-state index in [1.165, 1.54) is 19.3 Å². The molecule has 1 N–H and O–H groups in total. The number of aromatic nitrogens is 4. The SMILES string of the molecule is COc1ccc(Cn2nnnc2C(O)C2CCCCC2)cc1. The van der Waals surface area contributed by atoms with Crippen molar-refractivity contribution in [1.29, 1.82) is 0 Å². The molecule has 6 nitrogen and oxygen atoms in total. The topological polar surface area (TPSA) is 73.1 Å². The highest BCUT2D eigenvalue weighted by Crippen LogP contribution is 2.33. The first-order valence-corrected chi connectivity index (χ1v) is 7.85. The second kappa shape index (κ2) is 6.87. The summed E-state index contributed by atoms with van der Waals surface area (Å²) in [7, 11) is 1.65. The summed E-state index contributed by atoms with van der Waals surface area (Å²) in [6.07, 6.45) is 5.16. The van der Waals surface area contributed by atoms with Crippen LogP contribution in [0, 0.1) is 5.92 Å². The van der Waals surface area contributed by atoms with Gasteiger partial charge in [-0.25, -0.2) is 4.68 Å². The van der Waals surface area contributed by atoms with Gasteiger partial charge in [-0.05, 0) is 46.9 Å². The van der Waals surface area contributed by atoms with Crippen molar-refractivity contribution in [2.75, 3.05) is 7.11 Å². The molecule has 0 amide bonds. The molecule has 3 rings (SSSR count). The van der Waals surface area contributed by atoms with Crippen molar-refractivity contribution in [3.8, 4) is 5.75 Å². The predicted octanol–water partition coefficient (Wildman–Crippen LogP) is 2.34. The molecule has 0 bridgehead atoms. The van der Waals surface area contributed by atoms with Gasteiger partial charge in [-0.3, -0.25) is 0 Å². The standard InChI is InChI=1S/C16H22N4O2/c1-22-14-9-7-12(8-10-14)11-20-16(17-18-19-20)15(21)13-5-3-2-4-6-13/h7-10,13,15,21H,2-6,11H2,1H3. The van der Waals surface area contributed by atoms with Crippen LogP contribution >= 0.6 is 0 Å². The average molecular weight is 302 g/mol. The smallest absolute Gasteiger partial charge is 0.180 e. The molecule has 118 valence electrons. The van der Waals surface area contributed by atoms with Gasteiger partial charge >= 0.3 is 0 Å². The summed E-state index contributed by atoms with van der Waals surface area (Å²) in [5.41, 5.74) is 1.07. The maximum absolute atomic E-state index is 10.6. The minimum absolute atomic E-state index is 0.273. The number of methoxy groups -OCH3 is 1. The molecule has 2 aromatic rings. The number of aliphatic hydroxyl groups excluding tert-OH is 1. The Kier molecular flexibility index (Phi) is 4.68. The Hall–Kier alpha value is -1.95. The van der Waals surface area contributed by atoms with E-state index in [2.05, 4.69) is 15.5 Å². The molecule has 0 aliphatic heterocycles. The highest BCUT2D eigenvalue weighted by molar-refractivity contribution is 5.27. The van der Waals surface area contributed by atoms with Crippen LogP contribution in [-0.4, -0.2) is 32.4 Å². The van der Waals surface area contributed by atoms with E-state index in [9.17, 15) is 5.11 Å². The Balaban J connectivity index is 1.73. The van der Waals surface area contributed by atoms with Crippen molar-refractivity contribution in [2.24, 2.45) is 5.92 Å². The molecule has 1 aromatic heterocycles. The molecule has 1 fully saturated rings. The van der Waals surface area contributed by atoms with Gasteiger partial charge in [-0.15, -0.1) is 5.10 Å². The maximum atomic E-state index is 10.6. The normalized spacial score (nSPS) is 17.4. The van der Waals surface area contributed by atoms with Gasteiger partial charge in [-0.1, -0.05) is 31.4 Å². The molecule has 22 heavy (non-hydrogen) atoms. The van der Waals surface area contributed by atoms with Crippen LogP contribution in [-0.2, 0) is 6.54 Å². The van der Waals surface area contributed by atoms with E-state index in [0.29, 0.717) is 12.4 Å². The molecular formula is C16H22N4O2. The summed E-state index contributed by atoms with van der Waals surface area (Å²) in [5, 5.41) is 22.4. The average Bonchev–Trinajstić information content (AvgIpc) is 3.04. The van der Waals surface area contributed by atoms with Gasteiger partial charge in [0.2, 0.25) is 0 Å². The molecule has 0 saturated heterocycles. The second-order valence-electron chi connectivity index (χ2n) is 5.89. The van der Waals surface area contributed by atoms with Crippen molar-refractivity contribution < 1.29 is 9.84 Å². The van der Waals surface area contributed by atoms with Gasteiger partial charge in [0.05, 0.1) is 13.7 Å². The fourth-order valence-electron chi connectivity index (χ4n) is 3.10. The van der Waals surface area contributed by atoms with E-state index >= 15 is 0 Å². The van der Waals surface area contributed by atoms with Crippen LogP contribution in [0.1, 0.15) is 49.6 Å². The van der Waals surface area contributed by atoms with E-state index in [1.54, 1.807) is 11.8 Å². The van der Waals surface area contributed by atoms with Crippen LogP contribution in [0.15, 0.2) is 24.3 Å². The molecular weight excluding hydrogens is 280 g/mol. The Labute approximate surface area is 130 Å². The lowest BCUT2D eigenvalue weighted by molar-refractivity contribution is 0.0731. The fraction of sp³-hybridized carbons (Fsp3) is 0.562. The minimum Gasteiger partial charge on any atom is -0.497 e. The number of aliphatic hydroxyl groups is 1. The van der Waals surface area contributed by atoms with E-state index in [1.807, 2.05) is 24.3 Å². The summed E-state index contributed by atoms with van der Waals surface area (Å²) < 4.78 is 6.85. The molecule has 0 radical (unpaired) electrons. The number of ether oxygens (including phenoxy) is 1. The van der Waals surface area contributed by atoms with Crippen LogP contribution < -0.4 is 4.74 Å². The number of hydrogen-bond acceptors (Lipinski definition) is 5. The first-order valence-electron chi connectivity index (χ1n) is 7.85. The van der Waals surface area contributed by atoms with Gasteiger partial charge in [0, 0.05) is 0 Å². The third-order valence-electron chi connectivity index (χ3n) is 4.41. The first-order chi connectivity index (χ1) is 10.8. The quantitative estimate of drug-likeness (QED) is 0.917. The van der Waals surface area contributed by atoms with Gasteiger partial charge < -0.3 is 9.84 Å². The summed E-state index contributed by atoms with van der Waals surface area (Å²) in [4.78, 5) is 0. The third kappa shape index (κ3) is 3.27. The van der Waals surface area contributed by atoms with E-state index in [-0.39, 0.29) is 5.92 Å². The van der Waals surface area contributed by atoms with Crippen molar-refractivity contribution in [1.82, 2.24) is 20.2 Å². The lowest BCUT2D eigenvalue weighted by atomic mass is 9.85. The van der Waals surface area contributed by atoms with Gasteiger partial charge in [0.25, 0.3) is 0 Å². The molecule has 1 unspecified atom stereocenters. The number of benzene rings is 1.